The van der Waals surface area contributed by atoms with Crippen LogP contribution in [0.25, 0.3) is 17.0 Å². The molecule has 3 aromatic rings. The van der Waals surface area contributed by atoms with Crippen LogP contribution in [0.5, 0.6) is 0 Å². The van der Waals surface area contributed by atoms with Gasteiger partial charge in [0.05, 0.1) is 0 Å². The van der Waals surface area contributed by atoms with E-state index in [9.17, 15) is 0 Å². The van der Waals surface area contributed by atoms with E-state index in [0.717, 1.165) is 6.42 Å². The van der Waals surface area contributed by atoms with E-state index in [1.54, 1.807) is 5.56 Å². The number of hydrogen-bond acceptors (Lipinski definition) is 0. The zero-order chi connectivity index (χ0) is 13.1. The number of allylic oxidation sites excluding steroid dienone is 1. The van der Waals surface area contributed by atoms with Gasteiger partial charge in [-0.05, 0) is 47.2 Å². The van der Waals surface area contributed by atoms with Crippen LogP contribution in [0.4, 0.5) is 0 Å². The van der Waals surface area contributed by atoms with Gasteiger partial charge in [0.15, 0.2) is 0 Å². The van der Waals surface area contributed by atoms with Gasteiger partial charge < -0.3 is 4.98 Å². The quantitative estimate of drug-likeness (QED) is 0.664. The van der Waals surface area contributed by atoms with Crippen LogP contribution in [0.2, 0.25) is 0 Å². The van der Waals surface area contributed by atoms with Crippen molar-refractivity contribution in [3.8, 4) is 0 Å². The molecule has 2 aliphatic carbocycles. The van der Waals surface area contributed by atoms with E-state index in [2.05, 4.69) is 59.6 Å². The summed E-state index contributed by atoms with van der Waals surface area (Å²) in [5.74, 6) is 0.432. The van der Waals surface area contributed by atoms with Crippen LogP contribution in [0.3, 0.4) is 0 Å². The van der Waals surface area contributed by atoms with Gasteiger partial charge >= 0.3 is 0 Å². The van der Waals surface area contributed by atoms with Gasteiger partial charge in [-0.2, -0.15) is 0 Å². The molecule has 1 heteroatoms. The molecule has 1 N–H and O–H groups in total. The van der Waals surface area contributed by atoms with E-state index in [1.807, 2.05) is 0 Å². The first-order chi connectivity index (χ1) is 9.90. The van der Waals surface area contributed by atoms with Gasteiger partial charge in [-0.1, -0.05) is 42.5 Å². The average molecular weight is 257 g/mol. The molecular formula is C19H15N. The zero-order valence-corrected chi connectivity index (χ0v) is 11.2. The molecule has 0 saturated carbocycles. The lowest BCUT2D eigenvalue weighted by Crippen LogP contribution is -2.04. The Balaban J connectivity index is 1.76. The number of aromatic nitrogens is 1. The molecule has 0 radical (unpaired) electrons. The lowest BCUT2D eigenvalue weighted by Gasteiger charge is -2.18. The van der Waals surface area contributed by atoms with E-state index >= 15 is 0 Å². The number of nitrogens with one attached hydrogen (secondary N) is 1. The molecule has 2 bridgehead atoms. The SMILES string of the molecule is C1=CC(c2ccc3[nH]c4cc3c2CC4)c2ccccc21. The van der Waals surface area contributed by atoms with Crippen LogP contribution >= 0.6 is 0 Å². The Kier molecular flexibility index (Phi) is 1.91. The third-order valence-corrected chi connectivity index (χ3v) is 4.79. The van der Waals surface area contributed by atoms with E-state index in [4.69, 9.17) is 0 Å². The summed E-state index contributed by atoms with van der Waals surface area (Å²) in [6.45, 7) is 0. The summed E-state index contributed by atoms with van der Waals surface area (Å²) in [5, 5.41) is 1.43. The van der Waals surface area contributed by atoms with Crippen molar-refractivity contribution in [3.05, 3.63) is 76.5 Å². The second-order valence-corrected chi connectivity index (χ2v) is 5.85. The van der Waals surface area contributed by atoms with Crippen molar-refractivity contribution in [2.75, 3.05) is 0 Å². The first-order valence-corrected chi connectivity index (χ1v) is 7.31. The molecule has 1 heterocycles. The number of aromatic amines is 1. The molecule has 0 amide bonds. The second-order valence-electron chi connectivity index (χ2n) is 5.85. The normalized spacial score (nSPS) is 18.9. The summed E-state index contributed by atoms with van der Waals surface area (Å²) in [6.07, 6.45) is 6.93. The van der Waals surface area contributed by atoms with E-state index in [-0.39, 0.29) is 0 Å². The van der Waals surface area contributed by atoms with Gasteiger partial charge in [0, 0.05) is 22.5 Å². The predicted molar refractivity (Wildman–Crippen MR) is 83.0 cm³/mol. The minimum absolute atomic E-state index is 0.432. The maximum atomic E-state index is 3.52. The van der Waals surface area contributed by atoms with Crippen molar-refractivity contribution in [3.63, 3.8) is 0 Å². The molecule has 20 heavy (non-hydrogen) atoms. The van der Waals surface area contributed by atoms with Crippen molar-refractivity contribution in [2.24, 2.45) is 0 Å². The minimum atomic E-state index is 0.432. The molecule has 2 aromatic carbocycles. The summed E-state index contributed by atoms with van der Waals surface area (Å²) >= 11 is 0. The molecule has 0 spiro atoms. The molecule has 1 atom stereocenters. The van der Waals surface area contributed by atoms with Crippen molar-refractivity contribution >= 4 is 17.0 Å². The fraction of sp³-hybridized carbons (Fsp3) is 0.158. The topological polar surface area (TPSA) is 15.8 Å². The lowest BCUT2D eigenvalue weighted by atomic mass is 9.85. The number of hydrogen-bond donors (Lipinski definition) is 1. The fourth-order valence-electron chi connectivity index (χ4n) is 3.82. The van der Waals surface area contributed by atoms with Gasteiger partial charge in [0.1, 0.15) is 0 Å². The first kappa shape index (κ1) is 10.5. The second kappa shape index (κ2) is 3.63. The summed E-state index contributed by atoms with van der Waals surface area (Å²) in [4.78, 5) is 3.52. The van der Waals surface area contributed by atoms with Crippen LogP contribution in [-0.4, -0.2) is 4.98 Å². The van der Waals surface area contributed by atoms with Crippen molar-refractivity contribution in [1.29, 1.82) is 0 Å². The van der Waals surface area contributed by atoms with Gasteiger partial charge in [-0.15, -0.1) is 0 Å². The lowest BCUT2D eigenvalue weighted by molar-refractivity contribution is 0.902. The number of rotatable bonds is 1. The smallest absolute Gasteiger partial charge is 0.0459 e. The Labute approximate surface area is 118 Å². The van der Waals surface area contributed by atoms with Crippen LogP contribution in [0.15, 0.2) is 48.5 Å². The van der Waals surface area contributed by atoms with Gasteiger partial charge in [0.2, 0.25) is 0 Å². The molecule has 0 aliphatic heterocycles. The molecule has 2 aliphatic rings. The van der Waals surface area contributed by atoms with Gasteiger partial charge in [0.25, 0.3) is 0 Å². The third-order valence-electron chi connectivity index (χ3n) is 4.79. The molecule has 96 valence electrons. The van der Waals surface area contributed by atoms with Crippen molar-refractivity contribution in [1.82, 2.24) is 4.98 Å². The highest BCUT2D eigenvalue weighted by Crippen LogP contribution is 2.40. The van der Waals surface area contributed by atoms with Crippen molar-refractivity contribution in [2.45, 2.75) is 18.8 Å². The fourth-order valence-corrected chi connectivity index (χ4v) is 3.82. The number of fused-ring (bicyclic) bond motifs is 2. The Bertz CT molecular complexity index is 867. The molecule has 1 nitrogen and oxygen atoms in total. The summed E-state index contributed by atoms with van der Waals surface area (Å²) in [6, 6.07) is 15.7. The Morgan fingerprint density at radius 2 is 1.90 bits per heavy atom. The highest BCUT2D eigenvalue weighted by atomic mass is 14.7. The van der Waals surface area contributed by atoms with E-state index < -0.39 is 0 Å². The monoisotopic (exact) mass is 257 g/mol. The Hall–Kier alpha value is -2.28. The predicted octanol–water partition coefficient (Wildman–Crippen LogP) is 4.43. The van der Waals surface area contributed by atoms with Gasteiger partial charge in [-0.3, -0.25) is 0 Å². The van der Waals surface area contributed by atoms with Crippen molar-refractivity contribution < 1.29 is 0 Å². The third kappa shape index (κ3) is 1.27. The number of H-pyrrole nitrogens is 1. The average Bonchev–Trinajstić information content (AvgIpc) is 3.07. The Morgan fingerprint density at radius 3 is 2.90 bits per heavy atom. The summed E-state index contributed by atoms with van der Waals surface area (Å²) in [5.41, 5.74) is 8.53. The highest BCUT2D eigenvalue weighted by molar-refractivity contribution is 5.87. The highest BCUT2D eigenvalue weighted by Gasteiger charge is 2.24. The number of benzene rings is 2. The van der Waals surface area contributed by atoms with E-state index in [1.165, 1.54) is 39.7 Å². The van der Waals surface area contributed by atoms with Crippen LogP contribution in [0, 0.1) is 0 Å². The van der Waals surface area contributed by atoms with Crippen LogP contribution in [0.1, 0.15) is 33.9 Å². The molecule has 5 rings (SSSR count). The summed E-state index contributed by atoms with van der Waals surface area (Å²) < 4.78 is 0. The maximum Gasteiger partial charge on any atom is 0.0459 e. The van der Waals surface area contributed by atoms with Gasteiger partial charge in [-0.25, -0.2) is 0 Å². The molecule has 0 fully saturated rings. The minimum Gasteiger partial charge on any atom is -0.358 e. The standard InChI is InChI=1S/C19H15N/c1-2-4-14-12(3-1)5-7-15(14)16-9-10-19-18-11-13(20-19)6-8-17(16)18/h1-5,7,9-11,15,20H,6,8H2. The van der Waals surface area contributed by atoms with Crippen LogP contribution < -0.4 is 0 Å². The number of aryl methyl sites for hydroxylation is 2. The molecule has 0 saturated heterocycles. The molecular weight excluding hydrogens is 242 g/mol. The largest absolute Gasteiger partial charge is 0.358 e. The van der Waals surface area contributed by atoms with Crippen LogP contribution in [-0.2, 0) is 12.8 Å². The summed E-state index contributed by atoms with van der Waals surface area (Å²) in [7, 11) is 0. The zero-order valence-electron chi connectivity index (χ0n) is 11.2. The first-order valence-electron chi connectivity index (χ1n) is 7.31. The molecule has 1 unspecified atom stereocenters. The molecule has 1 aromatic heterocycles. The Morgan fingerprint density at radius 1 is 0.950 bits per heavy atom. The van der Waals surface area contributed by atoms with E-state index in [0.29, 0.717) is 5.92 Å². The maximum absolute atomic E-state index is 3.52.